The van der Waals surface area contributed by atoms with Crippen molar-refractivity contribution < 1.29 is 17.9 Å². The van der Waals surface area contributed by atoms with Gasteiger partial charge in [0.15, 0.2) is 0 Å². The summed E-state index contributed by atoms with van der Waals surface area (Å²) in [5.41, 5.74) is 0.205. The quantitative estimate of drug-likeness (QED) is 0.853. The summed E-state index contributed by atoms with van der Waals surface area (Å²) in [5.74, 6) is -0.542. The monoisotopic (exact) mass is 343 g/mol. The summed E-state index contributed by atoms with van der Waals surface area (Å²) in [6.07, 6.45) is 2.05. The Hall–Kier alpha value is -1.37. The summed E-state index contributed by atoms with van der Waals surface area (Å²) in [7, 11) is -3.76. The average Bonchev–Trinajstić information content (AvgIpc) is 2.42. The third-order valence-electron chi connectivity index (χ3n) is 3.60. The molecular weight excluding hydrogens is 326 g/mol. The van der Waals surface area contributed by atoms with Gasteiger partial charge in [0.2, 0.25) is 10.0 Å². The first kappa shape index (κ1) is 17.0. The molecule has 120 valence electrons. The maximum absolute atomic E-state index is 12.1. The van der Waals surface area contributed by atoms with Crippen molar-refractivity contribution in [1.29, 1.82) is 0 Å². The minimum Gasteiger partial charge on any atom is -0.464 e. The summed E-state index contributed by atoms with van der Waals surface area (Å²) >= 11 is 5.77. The van der Waals surface area contributed by atoms with Gasteiger partial charge in [0, 0.05) is 10.4 Å². The highest BCUT2D eigenvalue weighted by molar-refractivity contribution is 7.92. The predicted octanol–water partition coefficient (Wildman–Crippen LogP) is 2.57. The fraction of sp³-hybridized carbons (Fsp3) is 0.400. The van der Waals surface area contributed by atoms with Crippen molar-refractivity contribution in [1.82, 2.24) is 4.72 Å². The molecule has 7 heteroatoms. The second kappa shape index (κ2) is 6.40. The first-order chi connectivity index (χ1) is 10.2. The fourth-order valence-electron chi connectivity index (χ4n) is 2.11. The Morgan fingerprint density at radius 1 is 1.32 bits per heavy atom. The summed E-state index contributed by atoms with van der Waals surface area (Å²) in [5, 5.41) is 1.61. The molecule has 5 nitrogen and oxygen atoms in total. The number of rotatable bonds is 4. The Bertz CT molecular complexity index is 680. The van der Waals surface area contributed by atoms with Crippen molar-refractivity contribution in [2.24, 2.45) is 5.41 Å². The van der Waals surface area contributed by atoms with Crippen LogP contribution in [-0.2, 0) is 19.6 Å². The number of carbonyl (C=O) groups excluding carboxylic acids is 1. The van der Waals surface area contributed by atoms with Crippen LogP contribution in [0.5, 0.6) is 0 Å². The van der Waals surface area contributed by atoms with Gasteiger partial charge in [-0.3, -0.25) is 4.79 Å². The minimum absolute atomic E-state index is 0.310. The van der Waals surface area contributed by atoms with Gasteiger partial charge in [-0.15, -0.1) is 0 Å². The maximum atomic E-state index is 12.1. The Morgan fingerprint density at radius 2 is 1.95 bits per heavy atom. The number of esters is 1. The van der Waals surface area contributed by atoms with Crippen LogP contribution in [0.3, 0.4) is 0 Å². The molecule has 22 heavy (non-hydrogen) atoms. The largest absolute Gasteiger partial charge is 0.464 e. The molecule has 0 bridgehead atoms. The van der Waals surface area contributed by atoms with Gasteiger partial charge in [0.25, 0.3) is 0 Å². The molecule has 0 aliphatic carbocycles. The highest BCUT2D eigenvalue weighted by Crippen LogP contribution is 2.30. The maximum Gasteiger partial charge on any atom is 0.324 e. The molecule has 1 aliphatic heterocycles. The molecular formula is C15H18ClNO4S. The topological polar surface area (TPSA) is 72.5 Å². The molecule has 0 radical (unpaired) electrons. The molecule has 1 unspecified atom stereocenters. The van der Waals surface area contributed by atoms with Crippen LogP contribution in [0.4, 0.5) is 0 Å². The van der Waals surface area contributed by atoms with Crippen LogP contribution in [-0.4, -0.2) is 27.0 Å². The summed E-state index contributed by atoms with van der Waals surface area (Å²) in [6, 6.07) is 5.85. The smallest absolute Gasteiger partial charge is 0.324 e. The molecule has 0 amide bonds. The van der Waals surface area contributed by atoms with Crippen LogP contribution in [0.15, 0.2) is 29.7 Å². The average molecular weight is 344 g/mol. The van der Waals surface area contributed by atoms with Crippen LogP contribution in [0.25, 0.3) is 6.08 Å². The normalized spacial score (nSPS) is 21.8. The van der Waals surface area contributed by atoms with E-state index in [1.807, 2.05) is 13.8 Å². The van der Waals surface area contributed by atoms with Crippen molar-refractivity contribution in [2.75, 3.05) is 6.61 Å². The second-order valence-corrected chi connectivity index (χ2v) is 7.89. The van der Waals surface area contributed by atoms with Crippen molar-refractivity contribution >= 4 is 33.7 Å². The predicted molar refractivity (Wildman–Crippen MR) is 85.7 cm³/mol. The lowest BCUT2D eigenvalue weighted by molar-refractivity contribution is -0.155. The molecule has 1 heterocycles. The van der Waals surface area contributed by atoms with Gasteiger partial charge < -0.3 is 4.74 Å². The van der Waals surface area contributed by atoms with E-state index in [1.54, 1.807) is 24.3 Å². The lowest BCUT2D eigenvalue weighted by Crippen LogP contribution is -2.53. The van der Waals surface area contributed by atoms with Gasteiger partial charge >= 0.3 is 5.97 Å². The summed E-state index contributed by atoms with van der Waals surface area (Å²) in [6.45, 7) is 3.98. The minimum atomic E-state index is -3.76. The number of benzene rings is 1. The standard InChI is InChI=1S/C15H18ClNO4S/c1-15(2)8-9-21-14(18)13(15)17-22(19,20)10-7-11-3-5-12(16)6-4-11/h3-7,10,13,17H,8-9H2,1-2H3. The number of hydrogen-bond donors (Lipinski definition) is 1. The Morgan fingerprint density at radius 3 is 2.55 bits per heavy atom. The second-order valence-electron chi connectivity index (χ2n) is 5.86. The van der Waals surface area contributed by atoms with Gasteiger partial charge in [-0.2, -0.15) is 4.72 Å². The number of hydrogen-bond acceptors (Lipinski definition) is 4. The number of carbonyl (C=O) groups is 1. The molecule has 1 atom stereocenters. The Balaban J connectivity index is 2.13. The van der Waals surface area contributed by atoms with E-state index >= 15 is 0 Å². The molecule has 2 rings (SSSR count). The zero-order valence-corrected chi connectivity index (χ0v) is 13.9. The first-order valence-corrected chi connectivity index (χ1v) is 8.75. The number of ether oxygens (including phenoxy) is 1. The van der Waals surface area contributed by atoms with E-state index in [0.717, 1.165) is 5.41 Å². The van der Waals surface area contributed by atoms with E-state index in [-0.39, 0.29) is 0 Å². The molecule has 1 N–H and O–H groups in total. The van der Waals surface area contributed by atoms with Crippen LogP contribution in [0.1, 0.15) is 25.8 Å². The molecule has 0 saturated carbocycles. The van der Waals surface area contributed by atoms with E-state index in [0.29, 0.717) is 23.6 Å². The molecule has 1 aliphatic rings. The van der Waals surface area contributed by atoms with E-state index in [4.69, 9.17) is 16.3 Å². The SMILES string of the molecule is CC1(C)CCOC(=O)C1NS(=O)(=O)C=Cc1ccc(Cl)cc1. The fourth-order valence-corrected chi connectivity index (χ4v) is 3.40. The molecule has 0 spiro atoms. The van der Waals surface area contributed by atoms with Crippen LogP contribution < -0.4 is 4.72 Å². The lowest BCUT2D eigenvalue weighted by atomic mass is 9.80. The molecule has 1 fully saturated rings. The van der Waals surface area contributed by atoms with Gasteiger partial charge in [-0.1, -0.05) is 37.6 Å². The van der Waals surface area contributed by atoms with Crippen molar-refractivity contribution in [3.05, 3.63) is 40.3 Å². The Labute approximate surface area is 135 Å². The summed E-state index contributed by atoms with van der Waals surface area (Å²) in [4.78, 5) is 11.8. The van der Waals surface area contributed by atoms with Gasteiger partial charge in [-0.25, -0.2) is 8.42 Å². The van der Waals surface area contributed by atoms with Gasteiger partial charge in [0.1, 0.15) is 6.04 Å². The lowest BCUT2D eigenvalue weighted by Gasteiger charge is -2.36. The first-order valence-electron chi connectivity index (χ1n) is 6.82. The van der Waals surface area contributed by atoms with Crippen molar-refractivity contribution in [2.45, 2.75) is 26.3 Å². The van der Waals surface area contributed by atoms with Crippen LogP contribution in [0, 0.1) is 5.41 Å². The molecule has 0 aromatic heterocycles. The van der Waals surface area contributed by atoms with E-state index < -0.39 is 27.4 Å². The van der Waals surface area contributed by atoms with Crippen molar-refractivity contribution in [3.8, 4) is 0 Å². The molecule has 1 aromatic rings. The van der Waals surface area contributed by atoms with E-state index in [1.165, 1.54) is 6.08 Å². The highest BCUT2D eigenvalue weighted by atomic mass is 35.5. The Kier molecular flexibility index (Phi) is 4.94. The van der Waals surface area contributed by atoms with Gasteiger partial charge in [-0.05, 0) is 35.6 Å². The van der Waals surface area contributed by atoms with E-state index in [2.05, 4.69) is 4.72 Å². The third-order valence-corrected chi connectivity index (χ3v) is 4.91. The number of sulfonamides is 1. The zero-order valence-electron chi connectivity index (χ0n) is 12.4. The third kappa shape index (κ3) is 4.32. The molecule has 1 aromatic carbocycles. The molecule has 1 saturated heterocycles. The van der Waals surface area contributed by atoms with Crippen molar-refractivity contribution in [3.63, 3.8) is 0 Å². The number of halogens is 1. The highest BCUT2D eigenvalue weighted by Gasteiger charge is 2.41. The van der Waals surface area contributed by atoms with Crippen LogP contribution in [0.2, 0.25) is 5.02 Å². The van der Waals surface area contributed by atoms with E-state index in [9.17, 15) is 13.2 Å². The number of nitrogens with one attached hydrogen (secondary N) is 1. The number of cyclic esters (lactones) is 1. The zero-order chi connectivity index (χ0) is 16.4. The van der Waals surface area contributed by atoms with Crippen LogP contribution >= 0.6 is 11.6 Å². The van der Waals surface area contributed by atoms with Gasteiger partial charge in [0.05, 0.1) is 6.61 Å². The summed E-state index contributed by atoms with van der Waals surface area (Å²) < 4.78 is 31.6.